The van der Waals surface area contributed by atoms with E-state index in [4.69, 9.17) is 4.84 Å². The highest BCUT2D eigenvalue weighted by atomic mass is 16.7. The minimum absolute atomic E-state index is 0.0677. The Hall–Kier alpha value is -2.51. The molecule has 0 spiro atoms. The van der Waals surface area contributed by atoms with E-state index >= 15 is 0 Å². The first-order valence-electron chi connectivity index (χ1n) is 8.00. The van der Waals surface area contributed by atoms with Gasteiger partial charge in [0, 0.05) is 31.4 Å². The van der Waals surface area contributed by atoms with E-state index in [1.54, 1.807) is 13.0 Å². The number of allylic oxidation sites excluding steroid dienone is 1. The largest absolute Gasteiger partial charge is 0.333 e. The number of carbonyl (C=O) groups excluding carboxylic acids is 5. The normalized spacial score (nSPS) is 19.8. The van der Waals surface area contributed by atoms with Crippen LogP contribution in [-0.4, -0.2) is 46.1 Å². The summed E-state index contributed by atoms with van der Waals surface area (Å²) in [5, 5.41) is 0.530. The number of hydrogen-bond donors (Lipinski definition) is 0. The van der Waals surface area contributed by atoms with Gasteiger partial charge >= 0.3 is 5.97 Å². The van der Waals surface area contributed by atoms with Crippen LogP contribution in [0.1, 0.15) is 51.9 Å². The van der Waals surface area contributed by atoms with Gasteiger partial charge in [-0.25, -0.2) is 4.79 Å². The van der Waals surface area contributed by atoms with Crippen LogP contribution >= 0.6 is 0 Å². The number of hydroxylamine groups is 2. The molecule has 8 nitrogen and oxygen atoms in total. The molecule has 130 valence electrons. The Morgan fingerprint density at radius 1 is 1.04 bits per heavy atom. The van der Waals surface area contributed by atoms with Crippen LogP contribution in [0.15, 0.2) is 11.6 Å². The van der Waals surface area contributed by atoms with Crippen LogP contribution in [0.4, 0.5) is 0 Å². The molecule has 0 saturated carbocycles. The fourth-order valence-electron chi connectivity index (χ4n) is 2.59. The number of rotatable bonds is 7. The molecule has 0 aromatic rings. The second-order valence-corrected chi connectivity index (χ2v) is 5.70. The Kier molecular flexibility index (Phi) is 5.83. The molecule has 2 rings (SSSR count). The summed E-state index contributed by atoms with van der Waals surface area (Å²) in [6.45, 7) is 2.05. The number of amides is 4. The molecular formula is C16H20N2O6. The monoisotopic (exact) mass is 336 g/mol. The van der Waals surface area contributed by atoms with E-state index in [2.05, 4.69) is 0 Å². The van der Waals surface area contributed by atoms with Crippen molar-refractivity contribution in [1.82, 2.24) is 9.96 Å². The van der Waals surface area contributed by atoms with Gasteiger partial charge < -0.3 is 4.84 Å². The number of unbranched alkanes of at least 4 members (excludes halogenated alkanes) is 2. The summed E-state index contributed by atoms with van der Waals surface area (Å²) in [6.07, 6.45) is 3.70. The maximum atomic E-state index is 11.9. The van der Waals surface area contributed by atoms with Crippen LogP contribution in [0.25, 0.3) is 0 Å². The SMILES string of the molecule is C/C=C1/CC(=O)N(CCCCCC(=O)ON2C(=O)CCC2=O)C1=O. The van der Waals surface area contributed by atoms with Gasteiger partial charge in [-0.05, 0) is 19.8 Å². The molecule has 2 aliphatic heterocycles. The lowest BCUT2D eigenvalue weighted by Gasteiger charge is -2.14. The van der Waals surface area contributed by atoms with Crippen molar-refractivity contribution in [3.63, 3.8) is 0 Å². The van der Waals surface area contributed by atoms with Crippen molar-refractivity contribution in [1.29, 1.82) is 0 Å². The first-order valence-corrected chi connectivity index (χ1v) is 8.00. The Morgan fingerprint density at radius 2 is 1.71 bits per heavy atom. The fourth-order valence-corrected chi connectivity index (χ4v) is 2.59. The van der Waals surface area contributed by atoms with Crippen molar-refractivity contribution in [3.05, 3.63) is 11.6 Å². The summed E-state index contributed by atoms with van der Waals surface area (Å²) in [7, 11) is 0. The zero-order valence-corrected chi connectivity index (χ0v) is 13.6. The van der Waals surface area contributed by atoms with Crippen LogP contribution in [0.3, 0.4) is 0 Å². The molecule has 24 heavy (non-hydrogen) atoms. The average molecular weight is 336 g/mol. The first kappa shape index (κ1) is 17.8. The predicted molar refractivity (Wildman–Crippen MR) is 80.7 cm³/mol. The fraction of sp³-hybridized carbons (Fsp3) is 0.562. The highest BCUT2D eigenvalue weighted by Crippen LogP contribution is 2.19. The van der Waals surface area contributed by atoms with Crippen LogP contribution in [-0.2, 0) is 28.8 Å². The molecule has 2 saturated heterocycles. The topological polar surface area (TPSA) is 101 Å². The summed E-state index contributed by atoms with van der Waals surface area (Å²) in [5.74, 6) is -2.08. The Morgan fingerprint density at radius 3 is 2.29 bits per heavy atom. The van der Waals surface area contributed by atoms with Crippen molar-refractivity contribution in [2.75, 3.05) is 6.54 Å². The molecule has 0 N–H and O–H groups in total. The van der Waals surface area contributed by atoms with Crippen molar-refractivity contribution in [2.45, 2.75) is 51.9 Å². The number of imide groups is 2. The van der Waals surface area contributed by atoms with Gasteiger partial charge in [0.1, 0.15) is 0 Å². The number of nitrogens with zero attached hydrogens (tertiary/aromatic N) is 2. The van der Waals surface area contributed by atoms with Gasteiger partial charge in [0.25, 0.3) is 17.7 Å². The highest BCUT2D eigenvalue weighted by Gasteiger charge is 2.33. The third kappa shape index (κ3) is 4.06. The summed E-state index contributed by atoms with van der Waals surface area (Å²) in [5.41, 5.74) is 0.517. The number of hydrogen-bond acceptors (Lipinski definition) is 6. The van der Waals surface area contributed by atoms with E-state index in [1.807, 2.05) is 0 Å². The summed E-state index contributed by atoms with van der Waals surface area (Å²) >= 11 is 0. The van der Waals surface area contributed by atoms with E-state index in [-0.39, 0.29) is 37.5 Å². The Bertz CT molecular complexity index is 594. The Balaban J connectivity index is 1.64. The Labute approximate surface area is 139 Å². The minimum atomic E-state index is -0.636. The lowest BCUT2D eigenvalue weighted by Crippen LogP contribution is -2.32. The standard InChI is InChI=1S/C16H20N2O6/c1-2-11-10-14(21)17(16(11)23)9-5-3-4-6-15(22)24-18-12(19)7-8-13(18)20/h2H,3-10H2,1H3/b11-2-. The summed E-state index contributed by atoms with van der Waals surface area (Å²) in [4.78, 5) is 63.8. The smallest absolute Gasteiger partial charge is 0.330 e. The van der Waals surface area contributed by atoms with E-state index in [0.29, 0.717) is 36.4 Å². The molecule has 0 radical (unpaired) electrons. The van der Waals surface area contributed by atoms with Crippen molar-refractivity contribution < 1.29 is 28.8 Å². The van der Waals surface area contributed by atoms with Crippen LogP contribution in [0, 0.1) is 0 Å². The molecule has 0 atom stereocenters. The van der Waals surface area contributed by atoms with E-state index < -0.39 is 17.8 Å². The molecule has 2 fully saturated rings. The van der Waals surface area contributed by atoms with Crippen molar-refractivity contribution in [2.24, 2.45) is 0 Å². The highest BCUT2D eigenvalue weighted by molar-refractivity contribution is 6.13. The third-order valence-corrected chi connectivity index (χ3v) is 3.97. The lowest BCUT2D eigenvalue weighted by atomic mass is 10.2. The van der Waals surface area contributed by atoms with Gasteiger partial charge in [-0.1, -0.05) is 12.5 Å². The molecule has 0 aromatic heterocycles. The van der Waals surface area contributed by atoms with Gasteiger partial charge in [-0.15, -0.1) is 5.06 Å². The molecule has 0 unspecified atom stereocenters. The van der Waals surface area contributed by atoms with Crippen LogP contribution in [0.2, 0.25) is 0 Å². The first-order chi connectivity index (χ1) is 11.4. The minimum Gasteiger partial charge on any atom is -0.330 e. The second-order valence-electron chi connectivity index (χ2n) is 5.70. The third-order valence-electron chi connectivity index (χ3n) is 3.97. The van der Waals surface area contributed by atoms with Gasteiger partial charge in [-0.2, -0.15) is 0 Å². The van der Waals surface area contributed by atoms with Crippen LogP contribution in [0.5, 0.6) is 0 Å². The maximum absolute atomic E-state index is 11.9. The summed E-state index contributed by atoms with van der Waals surface area (Å²) in [6, 6.07) is 0. The van der Waals surface area contributed by atoms with Crippen molar-refractivity contribution >= 4 is 29.6 Å². The van der Waals surface area contributed by atoms with Crippen LogP contribution < -0.4 is 0 Å². The zero-order valence-electron chi connectivity index (χ0n) is 13.6. The predicted octanol–water partition coefficient (Wildman–Crippen LogP) is 0.859. The quantitative estimate of drug-likeness (QED) is 0.388. The molecular weight excluding hydrogens is 316 g/mol. The lowest BCUT2D eigenvalue weighted by molar-refractivity contribution is -0.197. The molecule has 0 aromatic carbocycles. The average Bonchev–Trinajstić information content (AvgIpc) is 3.01. The van der Waals surface area contributed by atoms with E-state index in [0.717, 1.165) is 0 Å². The molecule has 4 amide bonds. The zero-order chi connectivity index (χ0) is 17.7. The van der Waals surface area contributed by atoms with Gasteiger partial charge in [0.15, 0.2) is 0 Å². The van der Waals surface area contributed by atoms with Gasteiger partial charge in [0.2, 0.25) is 5.91 Å². The molecule has 2 aliphatic rings. The second kappa shape index (κ2) is 7.85. The van der Waals surface area contributed by atoms with E-state index in [9.17, 15) is 24.0 Å². The van der Waals surface area contributed by atoms with Gasteiger partial charge in [-0.3, -0.25) is 24.1 Å². The maximum Gasteiger partial charge on any atom is 0.333 e. The number of likely N-dealkylation sites (tertiary alicyclic amines) is 1. The molecule has 8 heteroatoms. The van der Waals surface area contributed by atoms with Crippen molar-refractivity contribution in [3.8, 4) is 0 Å². The molecule has 0 bridgehead atoms. The molecule has 2 heterocycles. The summed E-state index contributed by atoms with van der Waals surface area (Å²) < 4.78 is 0. The number of carbonyl (C=O) groups is 5. The van der Waals surface area contributed by atoms with E-state index in [1.165, 1.54) is 4.90 Å². The molecule has 0 aliphatic carbocycles. The van der Waals surface area contributed by atoms with Gasteiger partial charge in [0.05, 0.1) is 6.42 Å².